The van der Waals surface area contributed by atoms with E-state index in [1.807, 2.05) is 81.4 Å². The molecule has 2 fully saturated rings. The number of carbonyl (C=O) groups is 5. The highest BCUT2D eigenvalue weighted by Crippen LogP contribution is 2.65. The normalized spacial score (nSPS) is 21.0. The summed E-state index contributed by atoms with van der Waals surface area (Å²) in [5.74, 6) is -2.69. The summed E-state index contributed by atoms with van der Waals surface area (Å²) in [6.07, 6.45) is 2.23. The fraction of sp³-hybridized carbons (Fsp3) is 0.675. The maximum Gasteiger partial charge on any atom is 0.315 e. The number of likely N-dealkylation sites (N-methyl/N-ethyl adjacent to an activating group) is 1. The lowest BCUT2D eigenvalue weighted by Crippen LogP contribution is -2.62. The number of benzene rings is 1. The molecular weight excluding hydrogens is 709 g/mol. The van der Waals surface area contributed by atoms with Gasteiger partial charge >= 0.3 is 6.03 Å². The molecule has 14 heteroatoms. The van der Waals surface area contributed by atoms with Crippen LogP contribution in [-0.2, 0) is 29.2 Å². The van der Waals surface area contributed by atoms with E-state index in [0.29, 0.717) is 24.1 Å². The number of fused-ring (bicyclic) bond motifs is 1. The number of hydrogen-bond donors (Lipinski definition) is 4. The maximum absolute atomic E-state index is 14.5. The second-order valence-electron chi connectivity index (χ2n) is 18.0. The van der Waals surface area contributed by atoms with Crippen molar-refractivity contribution in [1.82, 2.24) is 30.5 Å². The van der Waals surface area contributed by atoms with Crippen LogP contribution < -0.4 is 21.3 Å². The molecule has 1 aromatic carbocycles. The number of rotatable bonds is 15. The van der Waals surface area contributed by atoms with Gasteiger partial charge in [0.15, 0.2) is 0 Å². The van der Waals surface area contributed by atoms with Crippen LogP contribution in [0.15, 0.2) is 29.7 Å². The summed E-state index contributed by atoms with van der Waals surface area (Å²) in [5.41, 5.74) is 0.635. The highest BCUT2D eigenvalue weighted by molar-refractivity contribution is 7.89. The zero-order valence-electron chi connectivity index (χ0n) is 34.6. The molecule has 1 heterocycles. The molecule has 3 rings (SSSR count). The predicted octanol–water partition coefficient (Wildman–Crippen LogP) is 4.00. The summed E-state index contributed by atoms with van der Waals surface area (Å²) in [6.45, 7) is 26.4. The first-order chi connectivity index (χ1) is 24.7. The summed E-state index contributed by atoms with van der Waals surface area (Å²) in [7, 11) is -2.42. The van der Waals surface area contributed by atoms with E-state index in [4.69, 9.17) is 0 Å². The topological polar surface area (TPSA) is 174 Å². The van der Waals surface area contributed by atoms with Crippen molar-refractivity contribution in [3.05, 3.63) is 41.5 Å². The Morgan fingerprint density at radius 2 is 1.56 bits per heavy atom. The molecule has 0 spiro atoms. The minimum atomic E-state index is -3.92. The van der Waals surface area contributed by atoms with Gasteiger partial charge in [0.2, 0.25) is 27.6 Å². The van der Waals surface area contributed by atoms with Crippen molar-refractivity contribution in [1.29, 1.82) is 0 Å². The summed E-state index contributed by atoms with van der Waals surface area (Å²) in [4.78, 5) is 69.7. The number of hydrogen-bond acceptors (Lipinski definition) is 7. The molecule has 0 radical (unpaired) electrons. The molecule has 13 nitrogen and oxygen atoms in total. The van der Waals surface area contributed by atoms with Gasteiger partial charge in [0.25, 0.3) is 5.91 Å². The Hall–Kier alpha value is -3.78. The molecule has 2 aliphatic rings. The number of Topliss-reactive ketones (excluding diaryl/α,β-unsaturated/α-hetero) is 1. The molecule has 54 heavy (non-hydrogen) atoms. The third kappa shape index (κ3) is 9.71. The van der Waals surface area contributed by atoms with Crippen LogP contribution in [0.4, 0.5) is 4.79 Å². The van der Waals surface area contributed by atoms with Crippen LogP contribution in [-0.4, -0.2) is 98.0 Å². The third-order valence-electron chi connectivity index (χ3n) is 11.1. The fourth-order valence-electron chi connectivity index (χ4n) is 7.80. The molecule has 0 bridgehead atoms. The molecule has 4 N–H and O–H groups in total. The molecule has 1 aliphatic heterocycles. The van der Waals surface area contributed by atoms with E-state index in [9.17, 15) is 32.4 Å². The van der Waals surface area contributed by atoms with Gasteiger partial charge in [-0.15, -0.1) is 6.58 Å². The van der Waals surface area contributed by atoms with E-state index in [2.05, 4.69) is 27.8 Å². The predicted molar refractivity (Wildman–Crippen MR) is 210 cm³/mol. The molecular formula is C40H64N6O7S. The Morgan fingerprint density at radius 3 is 2.06 bits per heavy atom. The Labute approximate surface area is 322 Å². The van der Waals surface area contributed by atoms with Crippen molar-refractivity contribution < 1.29 is 32.4 Å². The first-order valence-corrected chi connectivity index (χ1v) is 20.3. The van der Waals surface area contributed by atoms with Crippen molar-refractivity contribution in [3.8, 4) is 0 Å². The van der Waals surface area contributed by atoms with Crippen molar-refractivity contribution in [2.75, 3.05) is 26.7 Å². The first kappa shape index (κ1) is 44.6. The average molecular weight is 773 g/mol. The molecule has 1 aromatic rings. The Balaban J connectivity index is 1.85. The lowest BCUT2D eigenvalue weighted by molar-refractivity contribution is -0.145. The molecule has 6 atom stereocenters. The van der Waals surface area contributed by atoms with Gasteiger partial charge in [-0.3, -0.25) is 19.2 Å². The number of aryl methyl sites for hydroxylation is 3. The van der Waals surface area contributed by atoms with Crippen LogP contribution in [0, 0.1) is 48.9 Å². The van der Waals surface area contributed by atoms with Gasteiger partial charge in [-0.1, -0.05) is 92.5 Å². The molecule has 5 amide bonds. The monoisotopic (exact) mass is 772 g/mol. The second kappa shape index (κ2) is 16.5. The van der Waals surface area contributed by atoms with Crippen LogP contribution in [0.5, 0.6) is 0 Å². The van der Waals surface area contributed by atoms with Crippen molar-refractivity contribution >= 4 is 39.6 Å². The molecule has 1 saturated carbocycles. The zero-order valence-corrected chi connectivity index (χ0v) is 35.4. The first-order valence-electron chi connectivity index (χ1n) is 18.9. The van der Waals surface area contributed by atoms with E-state index in [-0.39, 0.29) is 41.7 Å². The largest absolute Gasteiger partial charge is 0.346 e. The molecule has 1 aliphatic carbocycles. The minimum absolute atomic E-state index is 0.0315. The minimum Gasteiger partial charge on any atom is -0.346 e. The average Bonchev–Trinajstić information content (AvgIpc) is 3.34. The van der Waals surface area contributed by atoms with E-state index in [1.54, 1.807) is 13.8 Å². The maximum atomic E-state index is 14.5. The SMILES string of the molecule is C=CCNC(=O)C(=O)C(CCC)NC(=O)[C@@H]1[C@@H]2[C@H](CN1C(=O)[C@@H](NC(=O)N[C@H](CN(C)S(=O)(=O)c1c(C)cc(C)cc1C)C(C)(C)C)C(C)(C)C)C2(C)C. The number of sulfonamides is 1. The Bertz CT molecular complexity index is 1720. The number of nitrogens with zero attached hydrogens (tertiary/aromatic N) is 2. The molecule has 1 saturated heterocycles. The highest BCUT2D eigenvalue weighted by atomic mass is 32.2. The van der Waals surface area contributed by atoms with Crippen molar-refractivity contribution in [3.63, 3.8) is 0 Å². The quantitative estimate of drug-likeness (QED) is 0.154. The number of likely N-dealkylation sites (tertiary alicyclic amines) is 1. The third-order valence-corrected chi connectivity index (χ3v) is 13.2. The Kier molecular flexibility index (Phi) is 13.7. The molecule has 302 valence electrons. The number of urea groups is 1. The standard InChI is InChI=1S/C40H64N6O7S/c1-15-17-27(31(47)35(49)41-18-16-2)42-34(48)30-29-26(40(29,12)13)21-46(30)36(50)33(39(9,10)11)44-37(51)43-28(38(6,7)8)22-45(14)54(52,53)32-24(4)19-23(3)20-25(32)5/h16,19-20,26-30,33H,2,15,17-18,21-22H2,1,3-14H3,(H,41,49)(H,42,48)(H2,43,44,51)/t26-,27?,28+,29-,30-,33+/m0/s1. The highest BCUT2D eigenvalue weighted by Gasteiger charge is 2.70. The molecule has 0 aromatic heterocycles. The van der Waals surface area contributed by atoms with Gasteiger partial charge in [0.05, 0.1) is 10.9 Å². The number of amides is 5. The Morgan fingerprint density at radius 1 is 0.981 bits per heavy atom. The van der Waals surface area contributed by atoms with Gasteiger partial charge in [-0.2, -0.15) is 4.31 Å². The second-order valence-corrected chi connectivity index (χ2v) is 19.9. The summed E-state index contributed by atoms with van der Waals surface area (Å²) >= 11 is 0. The van der Waals surface area contributed by atoms with Crippen LogP contribution in [0.2, 0.25) is 0 Å². The van der Waals surface area contributed by atoms with Gasteiger partial charge < -0.3 is 26.2 Å². The van der Waals surface area contributed by atoms with E-state index < -0.39 is 74.6 Å². The van der Waals surface area contributed by atoms with Gasteiger partial charge in [-0.25, -0.2) is 13.2 Å². The van der Waals surface area contributed by atoms with E-state index in [0.717, 1.165) is 5.56 Å². The van der Waals surface area contributed by atoms with Gasteiger partial charge in [0, 0.05) is 32.7 Å². The lowest BCUT2D eigenvalue weighted by atomic mass is 9.85. The molecule has 1 unspecified atom stereocenters. The van der Waals surface area contributed by atoms with E-state index >= 15 is 0 Å². The van der Waals surface area contributed by atoms with Crippen molar-refractivity contribution in [2.24, 2.45) is 28.1 Å². The summed E-state index contributed by atoms with van der Waals surface area (Å²) < 4.78 is 28.9. The smallest absolute Gasteiger partial charge is 0.315 e. The van der Waals surface area contributed by atoms with Crippen LogP contribution >= 0.6 is 0 Å². The van der Waals surface area contributed by atoms with E-state index in [1.165, 1.54) is 22.3 Å². The number of carbonyl (C=O) groups excluding carboxylic acids is 5. The van der Waals surface area contributed by atoms with Crippen LogP contribution in [0.1, 0.15) is 91.8 Å². The van der Waals surface area contributed by atoms with Crippen LogP contribution in [0.25, 0.3) is 0 Å². The number of piperidine rings is 1. The van der Waals surface area contributed by atoms with Gasteiger partial charge in [-0.05, 0) is 66.4 Å². The van der Waals surface area contributed by atoms with Crippen molar-refractivity contribution in [2.45, 2.75) is 125 Å². The fourth-order valence-corrected chi connectivity index (χ4v) is 9.39. The zero-order chi connectivity index (χ0) is 41.3. The summed E-state index contributed by atoms with van der Waals surface area (Å²) in [5, 5.41) is 11.1. The number of nitrogens with one attached hydrogen (secondary N) is 4. The van der Waals surface area contributed by atoms with Crippen LogP contribution in [0.3, 0.4) is 0 Å². The lowest BCUT2D eigenvalue weighted by Gasteiger charge is -2.39. The summed E-state index contributed by atoms with van der Waals surface area (Å²) in [6, 6.07) is -0.692. The number of ketones is 1. The van der Waals surface area contributed by atoms with Gasteiger partial charge in [0.1, 0.15) is 12.1 Å².